The summed E-state index contributed by atoms with van der Waals surface area (Å²) in [6.07, 6.45) is -3.16. The Kier molecular flexibility index (Phi) is 3.00. The molecule has 16 heavy (non-hydrogen) atoms. The van der Waals surface area contributed by atoms with Gasteiger partial charge in [0.05, 0.1) is 0 Å². The van der Waals surface area contributed by atoms with Gasteiger partial charge in [-0.1, -0.05) is 0 Å². The summed E-state index contributed by atoms with van der Waals surface area (Å²) in [4.78, 5) is 5.26. The fraction of sp³-hybridized carbons (Fsp3) is 0.500. The molecule has 0 saturated carbocycles. The Bertz CT molecular complexity index is 359. The molecule has 6 heteroatoms. The molecule has 1 N–H and O–H groups in total. The Morgan fingerprint density at radius 1 is 1.25 bits per heavy atom. The first-order chi connectivity index (χ1) is 7.57. The van der Waals surface area contributed by atoms with E-state index in [1.807, 2.05) is 4.90 Å². The topological polar surface area (TPSA) is 28.2 Å². The number of nitrogens with zero attached hydrogens (tertiary/aromatic N) is 2. The molecule has 0 bridgehead atoms. The maximum Gasteiger partial charge on any atom is 0.433 e. The molecule has 1 fully saturated rings. The molecule has 1 aromatic rings. The fourth-order valence-electron chi connectivity index (χ4n) is 1.69. The fourth-order valence-corrected chi connectivity index (χ4v) is 1.69. The van der Waals surface area contributed by atoms with E-state index < -0.39 is 11.9 Å². The SMILES string of the molecule is FC(F)(F)c1cc(N2CCNCC2)ccn1. The molecule has 1 aromatic heterocycles. The van der Waals surface area contributed by atoms with Crippen LogP contribution in [-0.4, -0.2) is 31.2 Å². The van der Waals surface area contributed by atoms with Crippen molar-refractivity contribution < 1.29 is 13.2 Å². The van der Waals surface area contributed by atoms with Gasteiger partial charge in [0.15, 0.2) is 0 Å². The predicted octanol–water partition coefficient (Wildman–Crippen LogP) is 1.51. The molecule has 0 radical (unpaired) electrons. The van der Waals surface area contributed by atoms with Crippen LogP contribution < -0.4 is 10.2 Å². The van der Waals surface area contributed by atoms with E-state index in [1.165, 1.54) is 6.20 Å². The van der Waals surface area contributed by atoms with Crippen LogP contribution in [0.5, 0.6) is 0 Å². The zero-order valence-electron chi connectivity index (χ0n) is 8.59. The number of piperazine rings is 1. The van der Waals surface area contributed by atoms with Crippen LogP contribution in [-0.2, 0) is 6.18 Å². The van der Waals surface area contributed by atoms with Crippen LogP contribution in [0.2, 0.25) is 0 Å². The number of rotatable bonds is 1. The Balaban J connectivity index is 2.21. The van der Waals surface area contributed by atoms with Crippen LogP contribution in [0.4, 0.5) is 18.9 Å². The Morgan fingerprint density at radius 3 is 2.56 bits per heavy atom. The number of alkyl halides is 3. The molecule has 1 aliphatic rings. The van der Waals surface area contributed by atoms with Gasteiger partial charge in [-0.25, -0.2) is 0 Å². The van der Waals surface area contributed by atoms with Gasteiger partial charge in [0.25, 0.3) is 0 Å². The Morgan fingerprint density at radius 2 is 1.94 bits per heavy atom. The Hall–Kier alpha value is -1.30. The van der Waals surface area contributed by atoms with Gasteiger partial charge in [-0.3, -0.25) is 4.98 Å². The summed E-state index contributed by atoms with van der Waals surface area (Å²) >= 11 is 0. The molecule has 0 unspecified atom stereocenters. The van der Waals surface area contributed by atoms with E-state index >= 15 is 0 Å². The first kappa shape index (κ1) is 11.2. The molecule has 2 rings (SSSR count). The van der Waals surface area contributed by atoms with Gasteiger partial charge < -0.3 is 10.2 Å². The molecule has 1 saturated heterocycles. The standard InChI is InChI=1S/C10H12F3N3/c11-10(12,13)9-7-8(1-2-15-9)16-5-3-14-4-6-16/h1-2,7,14H,3-6H2. The highest BCUT2D eigenvalue weighted by atomic mass is 19.4. The van der Waals surface area contributed by atoms with E-state index in [4.69, 9.17) is 0 Å². The zero-order valence-corrected chi connectivity index (χ0v) is 8.59. The molecule has 0 atom stereocenters. The van der Waals surface area contributed by atoms with Gasteiger partial charge >= 0.3 is 6.18 Å². The molecular formula is C10H12F3N3. The number of hydrogen-bond acceptors (Lipinski definition) is 3. The highest BCUT2D eigenvalue weighted by molar-refractivity contribution is 5.47. The molecule has 1 aliphatic heterocycles. The largest absolute Gasteiger partial charge is 0.433 e. The number of halogens is 3. The lowest BCUT2D eigenvalue weighted by atomic mass is 10.2. The minimum atomic E-state index is -4.37. The minimum absolute atomic E-state index is 0.587. The second-order valence-corrected chi connectivity index (χ2v) is 3.63. The van der Waals surface area contributed by atoms with Gasteiger partial charge in [-0.2, -0.15) is 13.2 Å². The summed E-state index contributed by atoms with van der Waals surface area (Å²) in [7, 11) is 0. The first-order valence-electron chi connectivity index (χ1n) is 5.06. The van der Waals surface area contributed by atoms with Crippen LogP contribution in [0.15, 0.2) is 18.3 Å². The molecule has 88 valence electrons. The maximum absolute atomic E-state index is 12.4. The van der Waals surface area contributed by atoms with Crippen molar-refractivity contribution >= 4 is 5.69 Å². The molecule has 0 aromatic carbocycles. The summed E-state index contributed by atoms with van der Waals surface area (Å²) in [5, 5.41) is 3.15. The van der Waals surface area contributed by atoms with E-state index in [-0.39, 0.29) is 0 Å². The molecular weight excluding hydrogens is 219 g/mol. The highest BCUT2D eigenvalue weighted by Crippen LogP contribution is 2.29. The van der Waals surface area contributed by atoms with Crippen LogP contribution in [0.3, 0.4) is 0 Å². The van der Waals surface area contributed by atoms with Crippen molar-refractivity contribution in [2.45, 2.75) is 6.18 Å². The van der Waals surface area contributed by atoms with Crippen LogP contribution >= 0.6 is 0 Å². The third-order valence-corrected chi connectivity index (χ3v) is 2.52. The van der Waals surface area contributed by atoms with Crippen LogP contribution in [0.1, 0.15) is 5.69 Å². The van der Waals surface area contributed by atoms with Crippen LogP contribution in [0, 0.1) is 0 Å². The third-order valence-electron chi connectivity index (χ3n) is 2.52. The van der Waals surface area contributed by atoms with Gasteiger partial charge in [0.1, 0.15) is 5.69 Å². The van der Waals surface area contributed by atoms with Crippen molar-refractivity contribution in [2.24, 2.45) is 0 Å². The van der Waals surface area contributed by atoms with Crippen molar-refractivity contribution in [1.29, 1.82) is 0 Å². The van der Waals surface area contributed by atoms with Gasteiger partial charge in [0, 0.05) is 38.1 Å². The normalized spacial score (nSPS) is 17.6. The molecule has 0 amide bonds. The monoisotopic (exact) mass is 231 g/mol. The van der Waals surface area contributed by atoms with Crippen LogP contribution in [0.25, 0.3) is 0 Å². The minimum Gasteiger partial charge on any atom is -0.369 e. The highest BCUT2D eigenvalue weighted by Gasteiger charge is 2.32. The van der Waals surface area contributed by atoms with Gasteiger partial charge in [0.2, 0.25) is 0 Å². The summed E-state index contributed by atoms with van der Waals surface area (Å²) in [5.74, 6) is 0. The molecule has 3 nitrogen and oxygen atoms in total. The summed E-state index contributed by atoms with van der Waals surface area (Å²) in [6.45, 7) is 3.04. The second-order valence-electron chi connectivity index (χ2n) is 3.63. The smallest absolute Gasteiger partial charge is 0.369 e. The zero-order chi connectivity index (χ0) is 11.6. The lowest BCUT2D eigenvalue weighted by molar-refractivity contribution is -0.141. The van der Waals surface area contributed by atoms with Crippen molar-refractivity contribution in [1.82, 2.24) is 10.3 Å². The molecule has 2 heterocycles. The van der Waals surface area contributed by atoms with Crippen molar-refractivity contribution in [3.05, 3.63) is 24.0 Å². The van der Waals surface area contributed by atoms with Crippen molar-refractivity contribution in [3.8, 4) is 0 Å². The quantitative estimate of drug-likeness (QED) is 0.794. The van der Waals surface area contributed by atoms with E-state index in [1.54, 1.807) is 6.07 Å². The van der Waals surface area contributed by atoms with Gasteiger partial charge in [-0.05, 0) is 12.1 Å². The molecule has 0 spiro atoms. The number of hydrogen-bond donors (Lipinski definition) is 1. The lowest BCUT2D eigenvalue weighted by Gasteiger charge is -2.29. The summed E-state index contributed by atoms with van der Waals surface area (Å²) in [5.41, 5.74) is -0.243. The number of pyridine rings is 1. The molecule has 0 aliphatic carbocycles. The third kappa shape index (κ3) is 2.44. The van der Waals surface area contributed by atoms with E-state index in [0.29, 0.717) is 5.69 Å². The van der Waals surface area contributed by atoms with E-state index in [0.717, 1.165) is 32.2 Å². The van der Waals surface area contributed by atoms with Crippen molar-refractivity contribution in [2.75, 3.05) is 31.1 Å². The summed E-state index contributed by atoms with van der Waals surface area (Å²) in [6, 6.07) is 2.71. The summed E-state index contributed by atoms with van der Waals surface area (Å²) < 4.78 is 37.3. The lowest BCUT2D eigenvalue weighted by Crippen LogP contribution is -2.43. The van der Waals surface area contributed by atoms with Gasteiger partial charge in [-0.15, -0.1) is 0 Å². The maximum atomic E-state index is 12.4. The average molecular weight is 231 g/mol. The predicted molar refractivity (Wildman–Crippen MR) is 54.3 cm³/mol. The first-order valence-corrected chi connectivity index (χ1v) is 5.06. The second kappa shape index (κ2) is 4.29. The Labute approximate surface area is 91.3 Å². The number of anilines is 1. The number of nitrogens with one attached hydrogen (secondary N) is 1. The van der Waals surface area contributed by atoms with Crippen molar-refractivity contribution in [3.63, 3.8) is 0 Å². The number of aromatic nitrogens is 1. The average Bonchev–Trinajstić information content (AvgIpc) is 2.29. The van der Waals surface area contributed by atoms with E-state index in [9.17, 15) is 13.2 Å². The van der Waals surface area contributed by atoms with E-state index in [2.05, 4.69) is 10.3 Å².